The van der Waals surface area contributed by atoms with Crippen LogP contribution in [-0.4, -0.2) is 49.8 Å². The van der Waals surface area contributed by atoms with Crippen LogP contribution in [0.15, 0.2) is 29.2 Å². The molecule has 1 aliphatic heterocycles. The molecule has 0 radical (unpaired) electrons. The Morgan fingerprint density at radius 2 is 2.10 bits per heavy atom. The average molecular weight is 297 g/mol. The summed E-state index contributed by atoms with van der Waals surface area (Å²) in [5, 5.41) is 9.12. The fraction of sp³-hybridized carbons (Fsp3) is 0.500. The maximum absolute atomic E-state index is 12.5. The van der Waals surface area contributed by atoms with Gasteiger partial charge >= 0.3 is 0 Å². The molecule has 1 aromatic rings. The summed E-state index contributed by atoms with van der Waals surface area (Å²) in [5.41, 5.74) is 0.230. The number of nitrogens with zero attached hydrogens (tertiary/aromatic N) is 1. The highest BCUT2D eigenvalue weighted by molar-refractivity contribution is 7.91. The molecule has 6 heteroatoms. The van der Waals surface area contributed by atoms with Gasteiger partial charge in [0.2, 0.25) is 0 Å². The Kier molecular flexibility index (Phi) is 4.45. The van der Waals surface area contributed by atoms with Crippen LogP contribution in [0.3, 0.4) is 0 Å². The molecule has 20 heavy (non-hydrogen) atoms. The Bertz CT molecular complexity index is 597. The second-order valence-corrected chi connectivity index (χ2v) is 7.23. The summed E-state index contributed by atoms with van der Waals surface area (Å²) < 4.78 is 24.1. The largest absolute Gasteiger partial charge is 0.396 e. The molecule has 1 aromatic carbocycles. The molecule has 0 aliphatic carbocycles. The summed E-state index contributed by atoms with van der Waals surface area (Å²) in [6, 6.07) is 6.32. The minimum Gasteiger partial charge on any atom is -0.396 e. The van der Waals surface area contributed by atoms with Gasteiger partial charge in [0.05, 0.1) is 16.2 Å². The van der Waals surface area contributed by atoms with Gasteiger partial charge in [0.25, 0.3) is 5.91 Å². The smallest absolute Gasteiger partial charge is 0.255 e. The lowest BCUT2D eigenvalue weighted by Gasteiger charge is -2.18. The summed E-state index contributed by atoms with van der Waals surface area (Å²) >= 11 is 0. The molecule has 0 spiro atoms. The summed E-state index contributed by atoms with van der Waals surface area (Å²) in [6.07, 6.45) is 0.755. The second kappa shape index (κ2) is 5.93. The average Bonchev–Trinajstić information content (AvgIpc) is 2.95. The molecular weight excluding hydrogens is 278 g/mol. The molecule has 0 saturated carbocycles. The summed E-state index contributed by atoms with van der Waals surface area (Å²) in [4.78, 5) is 14.2. The molecule has 2 rings (SSSR count). The van der Waals surface area contributed by atoms with Gasteiger partial charge in [0.15, 0.2) is 9.84 Å². The van der Waals surface area contributed by atoms with E-state index in [1.54, 1.807) is 30.0 Å². The van der Waals surface area contributed by atoms with E-state index in [1.807, 2.05) is 0 Å². The third kappa shape index (κ3) is 2.86. The van der Waals surface area contributed by atoms with E-state index < -0.39 is 9.84 Å². The highest BCUT2D eigenvalue weighted by Gasteiger charge is 2.29. The molecule has 1 saturated heterocycles. The lowest BCUT2D eigenvalue weighted by atomic mass is 10.1. The van der Waals surface area contributed by atoms with Gasteiger partial charge in [0.1, 0.15) is 0 Å². The van der Waals surface area contributed by atoms with Crippen molar-refractivity contribution >= 4 is 15.7 Å². The first-order valence-corrected chi connectivity index (χ1v) is 8.36. The van der Waals surface area contributed by atoms with Crippen molar-refractivity contribution in [3.8, 4) is 0 Å². The second-order valence-electron chi connectivity index (χ2n) is 4.99. The molecule has 0 bridgehead atoms. The highest BCUT2D eigenvalue weighted by atomic mass is 32.2. The number of benzene rings is 1. The van der Waals surface area contributed by atoms with Gasteiger partial charge in [-0.2, -0.15) is 0 Å². The first-order chi connectivity index (χ1) is 9.49. The van der Waals surface area contributed by atoms with Crippen LogP contribution in [0.5, 0.6) is 0 Å². The van der Waals surface area contributed by atoms with E-state index in [4.69, 9.17) is 5.11 Å². The van der Waals surface area contributed by atoms with E-state index in [0.717, 1.165) is 6.42 Å². The number of rotatable bonds is 4. The lowest BCUT2D eigenvalue weighted by molar-refractivity contribution is 0.0778. The number of likely N-dealkylation sites (tertiary alicyclic amines) is 1. The normalized spacial score (nSPS) is 19.3. The molecule has 1 heterocycles. The predicted octanol–water partition coefficient (Wildman–Crippen LogP) is 0.935. The zero-order valence-corrected chi connectivity index (χ0v) is 12.3. The summed E-state index contributed by atoms with van der Waals surface area (Å²) in [6.45, 7) is 2.66. The first-order valence-electron chi connectivity index (χ1n) is 6.71. The fourth-order valence-electron chi connectivity index (χ4n) is 2.41. The quantitative estimate of drug-likeness (QED) is 0.897. The van der Waals surface area contributed by atoms with Gasteiger partial charge in [-0.25, -0.2) is 8.42 Å². The van der Waals surface area contributed by atoms with Crippen molar-refractivity contribution in [3.05, 3.63) is 29.8 Å². The van der Waals surface area contributed by atoms with Crippen LogP contribution >= 0.6 is 0 Å². The zero-order chi connectivity index (χ0) is 14.8. The number of hydrogen-bond donors (Lipinski definition) is 1. The molecular formula is C14H19NO4S. The standard InChI is InChI=1S/C14H19NO4S/c1-2-20(18,19)13-6-4-3-5-12(13)14(17)15-8-7-11(9-15)10-16/h3-6,11,16H,2,7-10H2,1H3. The number of hydrogen-bond acceptors (Lipinski definition) is 4. The van der Waals surface area contributed by atoms with Gasteiger partial charge in [-0.05, 0) is 18.6 Å². The van der Waals surface area contributed by atoms with E-state index in [-0.39, 0.29) is 34.6 Å². The number of amides is 1. The van der Waals surface area contributed by atoms with Crippen molar-refractivity contribution in [3.63, 3.8) is 0 Å². The van der Waals surface area contributed by atoms with Gasteiger partial charge < -0.3 is 10.0 Å². The summed E-state index contributed by atoms with van der Waals surface area (Å²) in [7, 11) is -3.42. The van der Waals surface area contributed by atoms with Crippen LogP contribution in [-0.2, 0) is 9.84 Å². The Labute approximate surface area is 119 Å². The zero-order valence-electron chi connectivity index (χ0n) is 11.4. The van der Waals surface area contributed by atoms with Crippen molar-refractivity contribution < 1.29 is 18.3 Å². The van der Waals surface area contributed by atoms with Crippen LogP contribution in [0.2, 0.25) is 0 Å². The summed E-state index contributed by atoms with van der Waals surface area (Å²) in [5.74, 6) is -0.209. The number of aliphatic hydroxyl groups is 1. The molecule has 1 atom stereocenters. The van der Waals surface area contributed by atoms with E-state index in [2.05, 4.69) is 0 Å². The van der Waals surface area contributed by atoms with Crippen LogP contribution < -0.4 is 0 Å². The minimum absolute atomic E-state index is 0.0312. The Morgan fingerprint density at radius 1 is 1.40 bits per heavy atom. The van der Waals surface area contributed by atoms with E-state index in [9.17, 15) is 13.2 Å². The monoisotopic (exact) mass is 297 g/mol. The molecule has 5 nitrogen and oxygen atoms in total. The molecule has 1 unspecified atom stereocenters. The number of carbonyl (C=O) groups is 1. The molecule has 1 amide bonds. The number of sulfone groups is 1. The van der Waals surface area contributed by atoms with Crippen LogP contribution in [0.4, 0.5) is 0 Å². The third-order valence-corrected chi connectivity index (χ3v) is 5.45. The predicted molar refractivity (Wildman–Crippen MR) is 75.3 cm³/mol. The minimum atomic E-state index is -3.42. The highest BCUT2D eigenvalue weighted by Crippen LogP contribution is 2.23. The first kappa shape index (κ1) is 15.0. The Morgan fingerprint density at radius 3 is 2.70 bits per heavy atom. The van der Waals surface area contributed by atoms with Gasteiger partial charge in [-0.1, -0.05) is 19.1 Å². The van der Waals surface area contributed by atoms with E-state index in [1.165, 1.54) is 6.07 Å². The van der Waals surface area contributed by atoms with E-state index >= 15 is 0 Å². The number of carbonyl (C=O) groups excluding carboxylic acids is 1. The van der Waals surface area contributed by atoms with Crippen molar-refractivity contribution in [2.75, 3.05) is 25.4 Å². The molecule has 0 aromatic heterocycles. The van der Waals surface area contributed by atoms with Crippen molar-refractivity contribution in [2.45, 2.75) is 18.2 Å². The molecule has 1 fully saturated rings. The fourth-order valence-corrected chi connectivity index (χ4v) is 3.49. The van der Waals surface area contributed by atoms with Crippen LogP contribution in [0, 0.1) is 5.92 Å². The van der Waals surface area contributed by atoms with Gasteiger partial charge in [-0.15, -0.1) is 0 Å². The molecule has 1 aliphatic rings. The van der Waals surface area contributed by atoms with Crippen molar-refractivity contribution in [1.29, 1.82) is 0 Å². The Balaban J connectivity index is 2.32. The SMILES string of the molecule is CCS(=O)(=O)c1ccccc1C(=O)N1CCC(CO)C1. The lowest BCUT2D eigenvalue weighted by Crippen LogP contribution is -2.30. The van der Waals surface area contributed by atoms with Crippen LogP contribution in [0.25, 0.3) is 0 Å². The van der Waals surface area contributed by atoms with Gasteiger partial charge in [0, 0.05) is 25.6 Å². The topological polar surface area (TPSA) is 74.7 Å². The molecule has 1 N–H and O–H groups in total. The number of aliphatic hydroxyl groups excluding tert-OH is 1. The maximum atomic E-state index is 12.5. The maximum Gasteiger partial charge on any atom is 0.255 e. The van der Waals surface area contributed by atoms with Crippen molar-refractivity contribution in [2.24, 2.45) is 5.92 Å². The Hall–Kier alpha value is -1.40. The van der Waals surface area contributed by atoms with Gasteiger partial charge in [-0.3, -0.25) is 4.79 Å². The molecule has 110 valence electrons. The van der Waals surface area contributed by atoms with Crippen LogP contribution in [0.1, 0.15) is 23.7 Å². The third-order valence-electron chi connectivity index (χ3n) is 3.66. The van der Waals surface area contributed by atoms with Crippen molar-refractivity contribution in [1.82, 2.24) is 4.90 Å². The van der Waals surface area contributed by atoms with E-state index in [0.29, 0.717) is 13.1 Å².